The van der Waals surface area contributed by atoms with E-state index < -0.39 is 15.7 Å². The predicted molar refractivity (Wildman–Crippen MR) is 110 cm³/mol. The molecule has 8 heteroatoms. The maximum absolute atomic E-state index is 12.7. The van der Waals surface area contributed by atoms with Crippen molar-refractivity contribution in [3.63, 3.8) is 0 Å². The number of anilines is 1. The first kappa shape index (κ1) is 20.2. The second kappa shape index (κ2) is 8.22. The van der Waals surface area contributed by atoms with Crippen molar-refractivity contribution in [2.75, 3.05) is 11.6 Å². The molecule has 0 saturated carbocycles. The van der Waals surface area contributed by atoms with Gasteiger partial charge in [-0.15, -0.1) is 0 Å². The molecule has 0 bridgehead atoms. The van der Waals surface area contributed by atoms with Crippen LogP contribution < -0.4 is 10.1 Å². The second-order valence-corrected chi connectivity index (χ2v) is 8.73. The van der Waals surface area contributed by atoms with Crippen molar-refractivity contribution >= 4 is 44.6 Å². The summed E-state index contributed by atoms with van der Waals surface area (Å²) in [4.78, 5) is 12.7. The summed E-state index contributed by atoms with van der Waals surface area (Å²) in [6, 6.07) is 17.7. The second-order valence-electron chi connectivity index (χ2n) is 5.90. The van der Waals surface area contributed by atoms with Crippen molar-refractivity contribution in [2.24, 2.45) is 0 Å². The average molecular weight is 436 g/mol. The summed E-state index contributed by atoms with van der Waals surface area (Å²) in [6.45, 7) is 0. The smallest absolute Gasteiger partial charge is 0.257 e. The molecule has 0 aliphatic rings. The summed E-state index contributed by atoms with van der Waals surface area (Å²) >= 11 is 12.2. The van der Waals surface area contributed by atoms with E-state index in [1.165, 1.54) is 18.2 Å². The van der Waals surface area contributed by atoms with E-state index in [9.17, 15) is 13.2 Å². The van der Waals surface area contributed by atoms with Crippen LogP contribution >= 0.6 is 23.2 Å². The van der Waals surface area contributed by atoms with Crippen LogP contribution in [0, 0.1) is 0 Å². The highest BCUT2D eigenvalue weighted by Gasteiger charge is 2.17. The van der Waals surface area contributed by atoms with Gasteiger partial charge in [-0.1, -0.05) is 47.5 Å². The van der Waals surface area contributed by atoms with Crippen molar-refractivity contribution < 1.29 is 17.9 Å². The lowest BCUT2D eigenvalue weighted by Crippen LogP contribution is -2.14. The van der Waals surface area contributed by atoms with E-state index in [4.69, 9.17) is 27.9 Å². The highest BCUT2D eigenvalue weighted by Crippen LogP contribution is 2.34. The van der Waals surface area contributed by atoms with Crippen LogP contribution in [0.1, 0.15) is 10.4 Å². The molecule has 0 fully saturated rings. The Bertz CT molecular complexity index is 1150. The van der Waals surface area contributed by atoms with E-state index in [0.717, 1.165) is 6.26 Å². The van der Waals surface area contributed by atoms with Gasteiger partial charge in [-0.3, -0.25) is 4.79 Å². The van der Waals surface area contributed by atoms with Gasteiger partial charge >= 0.3 is 0 Å². The fraction of sp³-hybridized carbons (Fsp3) is 0.0500. The number of benzene rings is 3. The number of halogens is 2. The molecule has 1 N–H and O–H groups in total. The number of nitrogens with one attached hydrogen (secondary N) is 1. The quantitative estimate of drug-likeness (QED) is 0.578. The molecule has 3 rings (SSSR count). The Labute approximate surface area is 172 Å². The summed E-state index contributed by atoms with van der Waals surface area (Å²) in [5.74, 6) is 0.244. The van der Waals surface area contributed by atoms with Crippen LogP contribution in [0.2, 0.25) is 10.0 Å². The van der Waals surface area contributed by atoms with Crippen molar-refractivity contribution in [2.45, 2.75) is 4.90 Å². The molecule has 3 aromatic carbocycles. The van der Waals surface area contributed by atoms with Gasteiger partial charge in [-0.25, -0.2) is 8.42 Å². The zero-order chi connectivity index (χ0) is 20.3. The molecule has 0 aliphatic heterocycles. The van der Waals surface area contributed by atoms with Crippen LogP contribution in [0.5, 0.6) is 11.5 Å². The Hall–Kier alpha value is -2.54. The topological polar surface area (TPSA) is 72.5 Å². The van der Waals surface area contributed by atoms with E-state index in [2.05, 4.69) is 5.32 Å². The van der Waals surface area contributed by atoms with Gasteiger partial charge in [0.15, 0.2) is 15.6 Å². The molecule has 0 aromatic heterocycles. The molecular weight excluding hydrogens is 421 g/mol. The van der Waals surface area contributed by atoms with Crippen LogP contribution in [0.15, 0.2) is 71.6 Å². The van der Waals surface area contributed by atoms with Crippen molar-refractivity contribution in [3.8, 4) is 11.5 Å². The van der Waals surface area contributed by atoms with E-state index in [1.54, 1.807) is 48.5 Å². The molecule has 0 atom stereocenters. The Morgan fingerprint density at radius 3 is 2.21 bits per heavy atom. The SMILES string of the molecule is CS(=O)(=O)c1ccc(Cl)c(C(=O)Nc2ccccc2Oc2ccccc2Cl)c1. The van der Waals surface area contributed by atoms with E-state index in [0.29, 0.717) is 22.2 Å². The first-order valence-electron chi connectivity index (χ1n) is 8.08. The van der Waals surface area contributed by atoms with Crippen LogP contribution in [-0.4, -0.2) is 20.6 Å². The number of carbonyl (C=O) groups is 1. The Morgan fingerprint density at radius 2 is 1.54 bits per heavy atom. The lowest BCUT2D eigenvalue weighted by atomic mass is 10.2. The molecule has 0 unspecified atom stereocenters. The number of rotatable bonds is 5. The van der Waals surface area contributed by atoms with Crippen molar-refractivity contribution in [1.29, 1.82) is 0 Å². The van der Waals surface area contributed by atoms with Crippen molar-refractivity contribution in [1.82, 2.24) is 0 Å². The highest BCUT2D eigenvalue weighted by molar-refractivity contribution is 7.90. The zero-order valence-corrected chi connectivity index (χ0v) is 17.0. The third-order valence-electron chi connectivity index (χ3n) is 3.80. The Balaban J connectivity index is 1.91. The standard InChI is InChI=1S/C20H15Cl2NO4S/c1-28(25,26)13-10-11-15(21)14(12-13)20(24)23-17-7-3-5-9-19(17)27-18-8-4-2-6-16(18)22/h2-12H,1H3,(H,23,24). The van der Waals surface area contributed by atoms with Gasteiger partial charge in [0.1, 0.15) is 5.75 Å². The maximum atomic E-state index is 12.7. The minimum absolute atomic E-state index is 0.00246. The summed E-state index contributed by atoms with van der Waals surface area (Å²) in [7, 11) is -3.48. The molecule has 28 heavy (non-hydrogen) atoms. The molecule has 0 aliphatic carbocycles. The molecule has 3 aromatic rings. The van der Waals surface area contributed by atoms with Crippen LogP contribution in [-0.2, 0) is 9.84 Å². The summed E-state index contributed by atoms with van der Waals surface area (Å²) in [5.41, 5.74) is 0.422. The fourth-order valence-electron chi connectivity index (χ4n) is 2.40. The van der Waals surface area contributed by atoms with Gasteiger partial charge in [0.2, 0.25) is 0 Å². The number of para-hydroxylation sites is 3. The molecule has 0 radical (unpaired) electrons. The molecule has 0 spiro atoms. The Morgan fingerprint density at radius 1 is 0.893 bits per heavy atom. The molecule has 144 valence electrons. The number of amides is 1. The minimum atomic E-state index is -3.48. The monoisotopic (exact) mass is 435 g/mol. The maximum Gasteiger partial charge on any atom is 0.257 e. The number of hydrogen-bond acceptors (Lipinski definition) is 4. The van der Waals surface area contributed by atoms with Gasteiger partial charge < -0.3 is 10.1 Å². The van der Waals surface area contributed by atoms with E-state index >= 15 is 0 Å². The van der Waals surface area contributed by atoms with E-state index in [-0.39, 0.29) is 15.5 Å². The summed E-state index contributed by atoms with van der Waals surface area (Å²) < 4.78 is 29.3. The highest BCUT2D eigenvalue weighted by atomic mass is 35.5. The minimum Gasteiger partial charge on any atom is -0.454 e. The van der Waals surface area contributed by atoms with Gasteiger partial charge in [0.05, 0.1) is 26.2 Å². The van der Waals surface area contributed by atoms with Gasteiger partial charge in [0.25, 0.3) is 5.91 Å². The molecule has 1 amide bonds. The van der Waals surface area contributed by atoms with Gasteiger partial charge in [0, 0.05) is 6.26 Å². The van der Waals surface area contributed by atoms with E-state index in [1.807, 2.05) is 0 Å². The lowest BCUT2D eigenvalue weighted by molar-refractivity contribution is 0.102. The normalized spacial score (nSPS) is 11.1. The first-order valence-corrected chi connectivity index (χ1v) is 10.7. The third-order valence-corrected chi connectivity index (χ3v) is 5.55. The number of hydrogen-bond donors (Lipinski definition) is 1. The molecular formula is C20H15Cl2NO4S. The largest absolute Gasteiger partial charge is 0.454 e. The number of carbonyl (C=O) groups excluding carboxylic acids is 1. The van der Waals surface area contributed by atoms with Gasteiger partial charge in [-0.05, 0) is 42.5 Å². The molecule has 0 saturated heterocycles. The zero-order valence-electron chi connectivity index (χ0n) is 14.6. The van der Waals surface area contributed by atoms with Crippen LogP contribution in [0.25, 0.3) is 0 Å². The first-order chi connectivity index (χ1) is 13.3. The summed E-state index contributed by atoms with van der Waals surface area (Å²) in [5, 5.41) is 3.26. The molecule has 5 nitrogen and oxygen atoms in total. The fourth-order valence-corrected chi connectivity index (χ4v) is 3.43. The summed E-state index contributed by atoms with van der Waals surface area (Å²) in [6.07, 6.45) is 1.06. The average Bonchev–Trinajstić information content (AvgIpc) is 2.64. The van der Waals surface area contributed by atoms with Crippen LogP contribution in [0.3, 0.4) is 0 Å². The number of sulfone groups is 1. The van der Waals surface area contributed by atoms with Crippen molar-refractivity contribution in [3.05, 3.63) is 82.3 Å². The third kappa shape index (κ3) is 4.65. The predicted octanol–water partition coefficient (Wildman–Crippen LogP) is 5.44. The number of ether oxygens (including phenoxy) is 1. The lowest BCUT2D eigenvalue weighted by Gasteiger charge is -2.14. The van der Waals surface area contributed by atoms with Crippen LogP contribution in [0.4, 0.5) is 5.69 Å². The Kier molecular flexibility index (Phi) is 5.93. The molecule has 0 heterocycles. The van der Waals surface area contributed by atoms with Gasteiger partial charge in [-0.2, -0.15) is 0 Å².